The van der Waals surface area contributed by atoms with E-state index >= 15 is 0 Å². The van der Waals surface area contributed by atoms with Crippen molar-refractivity contribution in [3.05, 3.63) is 30.1 Å². The van der Waals surface area contributed by atoms with Gasteiger partial charge in [0.25, 0.3) is 0 Å². The van der Waals surface area contributed by atoms with E-state index in [0.717, 1.165) is 49.0 Å². The lowest BCUT2D eigenvalue weighted by Gasteiger charge is -2.30. The topological polar surface area (TPSA) is 63.5 Å². The van der Waals surface area contributed by atoms with Crippen LogP contribution in [0.25, 0.3) is 11.0 Å². The molecule has 0 atom stereocenters. The number of rotatable bonds is 8. The number of hydrogen-bond donors (Lipinski definition) is 2. The second-order valence-corrected chi connectivity index (χ2v) is 7.51. The van der Waals surface area contributed by atoms with Crippen LogP contribution < -0.4 is 10.6 Å². The molecule has 6 nitrogen and oxygen atoms in total. The second kappa shape index (κ2) is 11.0. The zero-order chi connectivity index (χ0) is 19.1. The zero-order valence-electron chi connectivity index (χ0n) is 17.3. The summed E-state index contributed by atoms with van der Waals surface area (Å²) in [5.74, 6) is 1.84. The van der Waals surface area contributed by atoms with Crippen LogP contribution in [0.5, 0.6) is 0 Å². The van der Waals surface area contributed by atoms with Crippen LogP contribution in [0.2, 0.25) is 0 Å². The number of para-hydroxylation sites is 2. The molecule has 2 N–H and O–H groups in total. The Morgan fingerprint density at radius 3 is 2.68 bits per heavy atom. The lowest BCUT2D eigenvalue weighted by molar-refractivity contribution is 0.105. The molecule has 0 unspecified atom stereocenters. The Bertz CT molecular complexity index is 767. The monoisotopic (exact) mass is 499 g/mol. The van der Waals surface area contributed by atoms with Gasteiger partial charge in [-0.1, -0.05) is 25.0 Å². The van der Waals surface area contributed by atoms with Crippen LogP contribution >= 0.6 is 24.0 Å². The fourth-order valence-corrected chi connectivity index (χ4v) is 4.08. The first-order valence-corrected chi connectivity index (χ1v) is 10.1. The third-order valence-corrected chi connectivity index (χ3v) is 5.79. The Labute approximate surface area is 185 Å². The molecule has 1 aliphatic carbocycles. The predicted molar refractivity (Wildman–Crippen MR) is 126 cm³/mol. The van der Waals surface area contributed by atoms with Crippen molar-refractivity contribution in [2.75, 3.05) is 26.8 Å². The highest BCUT2D eigenvalue weighted by atomic mass is 127. The van der Waals surface area contributed by atoms with Crippen molar-refractivity contribution in [2.24, 2.45) is 17.5 Å². The number of hydrogen-bond acceptors (Lipinski definition) is 3. The molecule has 0 amide bonds. The van der Waals surface area contributed by atoms with Crippen LogP contribution in [0, 0.1) is 5.41 Å². The highest BCUT2D eigenvalue weighted by Gasteiger charge is 2.33. The maximum atomic E-state index is 5.62. The molecule has 0 aliphatic heterocycles. The van der Waals surface area contributed by atoms with Gasteiger partial charge >= 0.3 is 0 Å². The van der Waals surface area contributed by atoms with Crippen LogP contribution in [0.15, 0.2) is 29.3 Å². The van der Waals surface area contributed by atoms with E-state index in [2.05, 4.69) is 40.2 Å². The smallest absolute Gasteiger partial charge is 0.191 e. The number of nitrogens with zero attached hydrogens (tertiary/aromatic N) is 3. The van der Waals surface area contributed by atoms with E-state index in [1.165, 1.54) is 25.7 Å². The maximum absolute atomic E-state index is 5.62. The first-order chi connectivity index (χ1) is 13.2. The highest BCUT2D eigenvalue weighted by molar-refractivity contribution is 14.0. The van der Waals surface area contributed by atoms with Crippen LogP contribution in [0.3, 0.4) is 0 Å². The Kier molecular flexibility index (Phi) is 9.01. The quantitative estimate of drug-likeness (QED) is 0.251. The van der Waals surface area contributed by atoms with Gasteiger partial charge in [0.2, 0.25) is 0 Å². The number of fused-ring (bicyclic) bond motifs is 1. The van der Waals surface area contributed by atoms with E-state index in [1.807, 2.05) is 25.2 Å². The number of ether oxygens (including phenoxy) is 1. The molecule has 0 spiro atoms. The van der Waals surface area contributed by atoms with Crippen molar-refractivity contribution in [2.45, 2.75) is 45.6 Å². The van der Waals surface area contributed by atoms with E-state index in [9.17, 15) is 0 Å². The molecule has 7 heteroatoms. The number of nitrogens with one attached hydrogen (secondary N) is 2. The van der Waals surface area contributed by atoms with Gasteiger partial charge in [-0.15, -0.1) is 24.0 Å². The Hall–Kier alpha value is -1.35. The van der Waals surface area contributed by atoms with E-state index in [0.29, 0.717) is 12.0 Å². The second-order valence-electron chi connectivity index (χ2n) is 7.51. The summed E-state index contributed by atoms with van der Waals surface area (Å²) in [5, 5.41) is 6.97. The van der Waals surface area contributed by atoms with Crippen molar-refractivity contribution in [1.29, 1.82) is 0 Å². The van der Waals surface area contributed by atoms with Crippen molar-refractivity contribution in [1.82, 2.24) is 20.2 Å². The number of benzene rings is 1. The summed E-state index contributed by atoms with van der Waals surface area (Å²) in [7, 11) is 3.88. The first-order valence-electron chi connectivity index (χ1n) is 10.1. The maximum Gasteiger partial charge on any atom is 0.191 e. The Morgan fingerprint density at radius 2 is 2.00 bits per heavy atom. The van der Waals surface area contributed by atoms with Crippen molar-refractivity contribution in [3.63, 3.8) is 0 Å². The van der Waals surface area contributed by atoms with Gasteiger partial charge in [-0.2, -0.15) is 0 Å². The number of aliphatic imine (C=N–C) groups is 1. The van der Waals surface area contributed by atoms with Gasteiger partial charge in [-0.25, -0.2) is 4.98 Å². The molecule has 2 aromatic rings. The van der Waals surface area contributed by atoms with Crippen molar-refractivity contribution >= 4 is 41.0 Å². The molecule has 28 heavy (non-hydrogen) atoms. The summed E-state index contributed by atoms with van der Waals surface area (Å²) in [6.07, 6.45) is 6.30. The van der Waals surface area contributed by atoms with Crippen molar-refractivity contribution < 1.29 is 4.74 Å². The van der Waals surface area contributed by atoms with Gasteiger partial charge in [-0.05, 0) is 43.7 Å². The molecule has 0 saturated heterocycles. The molecule has 1 fully saturated rings. The normalized spacial score (nSPS) is 16.2. The molecule has 0 radical (unpaired) electrons. The number of aromatic nitrogens is 2. The molecule has 1 aromatic heterocycles. The molecule has 0 bridgehead atoms. The molecular formula is C21H34IN5O. The van der Waals surface area contributed by atoms with Gasteiger partial charge in [0.05, 0.1) is 17.6 Å². The van der Waals surface area contributed by atoms with Gasteiger partial charge in [0, 0.05) is 33.9 Å². The number of imidazole rings is 1. The Balaban J connectivity index is 0.00000280. The summed E-state index contributed by atoms with van der Waals surface area (Å²) in [6.45, 7) is 5.31. The van der Waals surface area contributed by atoms with Gasteiger partial charge in [0.1, 0.15) is 5.82 Å². The fourth-order valence-electron chi connectivity index (χ4n) is 4.08. The summed E-state index contributed by atoms with van der Waals surface area (Å²) in [4.78, 5) is 9.12. The molecule has 3 rings (SSSR count). The van der Waals surface area contributed by atoms with E-state index in [-0.39, 0.29) is 24.0 Å². The minimum atomic E-state index is 0. The third-order valence-electron chi connectivity index (χ3n) is 5.79. The highest BCUT2D eigenvalue weighted by Crippen LogP contribution is 2.40. The third kappa shape index (κ3) is 5.59. The lowest BCUT2D eigenvalue weighted by Crippen LogP contribution is -2.43. The molecule has 1 aromatic carbocycles. The molecule has 1 saturated carbocycles. The van der Waals surface area contributed by atoms with Gasteiger partial charge in [0.15, 0.2) is 5.96 Å². The minimum absolute atomic E-state index is 0. The van der Waals surface area contributed by atoms with E-state index < -0.39 is 0 Å². The molecule has 156 valence electrons. The Morgan fingerprint density at radius 1 is 1.25 bits per heavy atom. The number of guanidine groups is 1. The molecule has 1 aliphatic rings. The number of halogens is 1. The SMILES string of the molecule is CCOCCC1(CNC(=NC)NCc2nc3ccccc3n2C)CCCC1.I. The minimum Gasteiger partial charge on any atom is -0.382 e. The summed E-state index contributed by atoms with van der Waals surface area (Å²) < 4.78 is 7.75. The van der Waals surface area contributed by atoms with Gasteiger partial charge < -0.3 is 19.9 Å². The van der Waals surface area contributed by atoms with Crippen LogP contribution in [-0.4, -0.2) is 42.3 Å². The summed E-state index contributed by atoms with van der Waals surface area (Å²) >= 11 is 0. The van der Waals surface area contributed by atoms with E-state index in [1.54, 1.807) is 0 Å². The fraction of sp³-hybridized carbons (Fsp3) is 0.619. The van der Waals surface area contributed by atoms with Gasteiger partial charge in [-0.3, -0.25) is 4.99 Å². The van der Waals surface area contributed by atoms with Crippen molar-refractivity contribution in [3.8, 4) is 0 Å². The van der Waals surface area contributed by atoms with E-state index in [4.69, 9.17) is 9.72 Å². The standard InChI is InChI=1S/C21H33N5O.HI/c1-4-27-14-13-21(11-7-8-12-21)16-24-20(22-2)23-15-19-25-17-9-5-6-10-18(17)26(19)3;/h5-6,9-10H,4,7-8,11-16H2,1-3H3,(H2,22,23,24);1H. The molecular weight excluding hydrogens is 465 g/mol. The van der Waals surface area contributed by atoms with Crippen LogP contribution in [-0.2, 0) is 18.3 Å². The first kappa shape index (κ1) is 22.9. The van der Waals surface area contributed by atoms with Crippen LogP contribution in [0.4, 0.5) is 0 Å². The summed E-state index contributed by atoms with van der Waals surface area (Å²) in [5.41, 5.74) is 2.52. The zero-order valence-corrected chi connectivity index (χ0v) is 19.7. The average Bonchev–Trinajstić information content (AvgIpc) is 3.28. The summed E-state index contributed by atoms with van der Waals surface area (Å²) in [6, 6.07) is 8.22. The average molecular weight is 499 g/mol. The number of aryl methyl sites for hydroxylation is 1. The van der Waals surface area contributed by atoms with Crippen LogP contribution in [0.1, 0.15) is 44.9 Å². The predicted octanol–water partition coefficient (Wildman–Crippen LogP) is 3.84. The molecule has 1 heterocycles. The largest absolute Gasteiger partial charge is 0.382 e. The lowest BCUT2D eigenvalue weighted by atomic mass is 9.83.